The van der Waals surface area contributed by atoms with Crippen LogP contribution in [-0.2, 0) is 5.41 Å². The lowest BCUT2D eigenvalue weighted by molar-refractivity contribution is 0.0534. The van der Waals surface area contributed by atoms with E-state index in [2.05, 4.69) is 57.2 Å². The summed E-state index contributed by atoms with van der Waals surface area (Å²) in [6.07, 6.45) is 9.05. The fourth-order valence-electron chi connectivity index (χ4n) is 5.14. The van der Waals surface area contributed by atoms with Gasteiger partial charge in [-0.15, -0.1) is 0 Å². The van der Waals surface area contributed by atoms with E-state index in [-0.39, 0.29) is 18.6 Å². The van der Waals surface area contributed by atoms with Gasteiger partial charge in [0.05, 0.1) is 12.2 Å². The van der Waals surface area contributed by atoms with Crippen molar-refractivity contribution in [2.75, 3.05) is 13.2 Å². The first-order valence-corrected chi connectivity index (χ1v) is 12.3. The van der Waals surface area contributed by atoms with E-state index >= 15 is 0 Å². The van der Waals surface area contributed by atoms with E-state index in [4.69, 9.17) is 9.84 Å². The Bertz CT molecular complexity index is 952. The summed E-state index contributed by atoms with van der Waals surface area (Å²) >= 11 is 0. The van der Waals surface area contributed by atoms with Crippen LogP contribution in [0.15, 0.2) is 42.5 Å². The molecule has 2 aromatic rings. The molecule has 3 rings (SSSR count). The molecule has 1 saturated carbocycles. The maximum absolute atomic E-state index is 10.7. The number of aryl methyl sites for hydroxylation is 2. The highest BCUT2D eigenvalue weighted by Crippen LogP contribution is 2.41. The van der Waals surface area contributed by atoms with Crippen LogP contribution in [0, 0.1) is 13.8 Å². The molecule has 0 saturated heterocycles. The predicted octanol–water partition coefficient (Wildman–Crippen LogP) is 5.46. The molecule has 2 aromatic carbocycles. The van der Waals surface area contributed by atoms with Crippen molar-refractivity contribution >= 4 is 6.08 Å². The lowest BCUT2D eigenvalue weighted by Gasteiger charge is -2.34. The molecule has 1 atom stereocenters. The summed E-state index contributed by atoms with van der Waals surface area (Å²) < 4.78 is 5.70. The van der Waals surface area contributed by atoms with Crippen LogP contribution in [0.3, 0.4) is 0 Å². The normalized spacial score (nSPS) is 16.9. The standard InChI is InChI=1S/C29H40O4/c1-5-29(6-2,25-11-12-27(22(4)18-25)33-20-26(31)19-30)24-10-9-23(21(3)17-24)13-16-28(32)14-7-8-15-28/h9-13,16-18,26,30-32H,5-8,14-15,19-20H2,1-4H3/t26-/m0/s1. The fourth-order valence-corrected chi connectivity index (χ4v) is 5.14. The van der Waals surface area contributed by atoms with Gasteiger partial charge in [-0.3, -0.25) is 0 Å². The van der Waals surface area contributed by atoms with Crippen molar-refractivity contribution in [3.8, 4) is 5.75 Å². The van der Waals surface area contributed by atoms with Crippen molar-refractivity contribution in [3.63, 3.8) is 0 Å². The van der Waals surface area contributed by atoms with Crippen LogP contribution in [0.25, 0.3) is 6.08 Å². The summed E-state index contributed by atoms with van der Waals surface area (Å²) in [6.45, 7) is 8.40. The number of hydrogen-bond donors (Lipinski definition) is 3. The molecule has 1 fully saturated rings. The van der Waals surface area contributed by atoms with Crippen LogP contribution in [0.1, 0.15) is 80.2 Å². The zero-order valence-corrected chi connectivity index (χ0v) is 20.6. The summed E-state index contributed by atoms with van der Waals surface area (Å²) in [6, 6.07) is 13.0. The van der Waals surface area contributed by atoms with E-state index in [1.54, 1.807) is 0 Å². The minimum absolute atomic E-state index is 0.0761. The smallest absolute Gasteiger partial charge is 0.122 e. The van der Waals surface area contributed by atoms with Gasteiger partial charge < -0.3 is 20.1 Å². The maximum atomic E-state index is 10.7. The average Bonchev–Trinajstić information content (AvgIpc) is 3.25. The first-order chi connectivity index (χ1) is 15.8. The summed E-state index contributed by atoms with van der Waals surface area (Å²) in [4.78, 5) is 0. The zero-order valence-electron chi connectivity index (χ0n) is 20.6. The number of rotatable bonds is 10. The Morgan fingerprint density at radius 1 is 1.00 bits per heavy atom. The summed E-state index contributed by atoms with van der Waals surface area (Å²) in [5, 5.41) is 29.3. The zero-order chi connectivity index (χ0) is 24.1. The topological polar surface area (TPSA) is 69.9 Å². The molecule has 0 aromatic heterocycles. The molecule has 0 aliphatic heterocycles. The highest BCUT2D eigenvalue weighted by molar-refractivity contribution is 5.57. The Morgan fingerprint density at radius 2 is 1.61 bits per heavy atom. The molecular formula is C29H40O4. The molecule has 0 amide bonds. The molecular weight excluding hydrogens is 412 g/mol. The first kappa shape index (κ1) is 25.5. The van der Waals surface area contributed by atoms with Crippen LogP contribution in [0.5, 0.6) is 5.75 Å². The Kier molecular flexibility index (Phi) is 8.38. The molecule has 0 spiro atoms. The van der Waals surface area contributed by atoms with Crippen LogP contribution in [0.2, 0.25) is 0 Å². The molecule has 3 N–H and O–H groups in total. The highest BCUT2D eigenvalue weighted by Gasteiger charge is 2.32. The Morgan fingerprint density at radius 3 is 2.15 bits per heavy atom. The van der Waals surface area contributed by atoms with Crippen LogP contribution in [0.4, 0.5) is 0 Å². The Hall–Kier alpha value is -2.14. The summed E-state index contributed by atoms with van der Waals surface area (Å²) in [7, 11) is 0. The molecule has 0 unspecified atom stereocenters. The number of aliphatic hydroxyl groups is 3. The average molecular weight is 453 g/mol. The quantitative estimate of drug-likeness (QED) is 0.448. The van der Waals surface area contributed by atoms with Crippen LogP contribution in [-0.4, -0.2) is 40.2 Å². The SMILES string of the molecule is CCC(CC)(c1ccc(C=CC2(O)CCCC2)c(C)c1)c1ccc(OC[C@@H](O)CO)c(C)c1. The molecule has 4 nitrogen and oxygen atoms in total. The second-order valence-corrected chi connectivity index (χ2v) is 9.63. The lowest BCUT2D eigenvalue weighted by atomic mass is 9.70. The second-order valence-electron chi connectivity index (χ2n) is 9.63. The monoisotopic (exact) mass is 452 g/mol. The maximum Gasteiger partial charge on any atom is 0.122 e. The van der Waals surface area contributed by atoms with Gasteiger partial charge in [0, 0.05) is 5.41 Å². The van der Waals surface area contributed by atoms with Gasteiger partial charge in [0.1, 0.15) is 18.5 Å². The van der Waals surface area contributed by atoms with E-state index in [9.17, 15) is 10.2 Å². The first-order valence-electron chi connectivity index (χ1n) is 12.3. The Balaban J connectivity index is 1.89. The van der Waals surface area contributed by atoms with Gasteiger partial charge in [0.2, 0.25) is 0 Å². The van der Waals surface area contributed by atoms with E-state index in [0.29, 0.717) is 0 Å². The predicted molar refractivity (Wildman–Crippen MR) is 135 cm³/mol. The summed E-state index contributed by atoms with van der Waals surface area (Å²) in [5.74, 6) is 0.730. The minimum Gasteiger partial charge on any atom is -0.491 e. The Labute approximate surface area is 198 Å². The van der Waals surface area contributed by atoms with Crippen molar-refractivity contribution in [1.29, 1.82) is 0 Å². The third-order valence-electron chi connectivity index (χ3n) is 7.44. The van der Waals surface area contributed by atoms with Gasteiger partial charge in [-0.25, -0.2) is 0 Å². The molecule has 0 heterocycles. The number of hydrogen-bond acceptors (Lipinski definition) is 4. The van der Waals surface area contributed by atoms with E-state index in [0.717, 1.165) is 55.4 Å². The fraction of sp³-hybridized carbons (Fsp3) is 0.517. The number of ether oxygens (including phenoxy) is 1. The van der Waals surface area contributed by atoms with Crippen LogP contribution < -0.4 is 4.74 Å². The molecule has 1 aliphatic rings. The van der Waals surface area contributed by atoms with Gasteiger partial charge in [-0.2, -0.15) is 0 Å². The number of benzene rings is 2. The van der Waals surface area contributed by atoms with Gasteiger partial charge in [-0.05, 0) is 73.4 Å². The largest absolute Gasteiger partial charge is 0.491 e. The third kappa shape index (κ3) is 5.68. The minimum atomic E-state index is -0.876. The van der Waals surface area contributed by atoms with Crippen LogP contribution >= 0.6 is 0 Å². The van der Waals surface area contributed by atoms with E-state index in [1.807, 2.05) is 19.1 Å². The van der Waals surface area contributed by atoms with Gasteiger partial charge in [0.15, 0.2) is 0 Å². The van der Waals surface area contributed by atoms with Crippen molar-refractivity contribution < 1.29 is 20.1 Å². The molecule has 4 heteroatoms. The number of aliphatic hydroxyl groups excluding tert-OH is 2. The van der Waals surface area contributed by atoms with Gasteiger partial charge in [0.25, 0.3) is 0 Å². The molecule has 33 heavy (non-hydrogen) atoms. The van der Waals surface area contributed by atoms with E-state index < -0.39 is 11.7 Å². The van der Waals surface area contributed by atoms with Crippen molar-refractivity contribution in [2.24, 2.45) is 0 Å². The van der Waals surface area contributed by atoms with Crippen molar-refractivity contribution in [1.82, 2.24) is 0 Å². The molecule has 0 bridgehead atoms. The molecule has 0 radical (unpaired) electrons. The lowest BCUT2D eigenvalue weighted by Crippen LogP contribution is -2.26. The molecule has 1 aliphatic carbocycles. The summed E-state index contributed by atoms with van der Waals surface area (Å²) in [5.41, 5.74) is 5.19. The van der Waals surface area contributed by atoms with Gasteiger partial charge in [-0.1, -0.05) is 69.2 Å². The van der Waals surface area contributed by atoms with Crippen molar-refractivity contribution in [2.45, 2.75) is 83.3 Å². The highest BCUT2D eigenvalue weighted by atomic mass is 16.5. The van der Waals surface area contributed by atoms with Crippen molar-refractivity contribution in [3.05, 3.63) is 70.3 Å². The van der Waals surface area contributed by atoms with Gasteiger partial charge >= 0.3 is 0 Å². The second kappa shape index (κ2) is 10.9. The third-order valence-corrected chi connectivity index (χ3v) is 7.44. The van der Waals surface area contributed by atoms with E-state index in [1.165, 1.54) is 16.7 Å². The molecule has 180 valence electrons.